The van der Waals surface area contributed by atoms with Crippen molar-refractivity contribution in [1.29, 1.82) is 0 Å². The third-order valence-corrected chi connectivity index (χ3v) is 4.03. The molecule has 0 saturated heterocycles. The molecular weight excluding hydrogens is 305 g/mol. The Balaban J connectivity index is 1.97. The van der Waals surface area contributed by atoms with E-state index in [4.69, 9.17) is 5.84 Å². The monoisotopic (exact) mass is 323 g/mol. The van der Waals surface area contributed by atoms with Gasteiger partial charge in [0.1, 0.15) is 5.82 Å². The second kappa shape index (κ2) is 7.26. The average Bonchev–Trinajstić information content (AvgIpc) is 2.83. The van der Waals surface area contributed by atoms with Gasteiger partial charge in [-0.3, -0.25) is 4.79 Å². The normalized spacial score (nSPS) is 12.1. The van der Waals surface area contributed by atoms with Crippen molar-refractivity contribution in [2.45, 2.75) is 37.1 Å². The fourth-order valence-electron chi connectivity index (χ4n) is 1.77. The van der Waals surface area contributed by atoms with Gasteiger partial charge in [0, 0.05) is 12.1 Å². The minimum absolute atomic E-state index is 0.211. The van der Waals surface area contributed by atoms with Crippen molar-refractivity contribution in [1.82, 2.24) is 14.9 Å². The SMILES string of the molecule is CCCc1nnc(S[C@H](C)C(=O)Nc2ccc(F)cc2)n1N. The van der Waals surface area contributed by atoms with Crippen molar-refractivity contribution in [3.05, 3.63) is 35.9 Å². The predicted octanol–water partition coefficient (Wildman–Crippen LogP) is 2.20. The summed E-state index contributed by atoms with van der Waals surface area (Å²) < 4.78 is 14.2. The van der Waals surface area contributed by atoms with Crippen LogP contribution in [0.15, 0.2) is 29.4 Å². The summed E-state index contributed by atoms with van der Waals surface area (Å²) in [6.07, 6.45) is 1.65. The maximum Gasteiger partial charge on any atom is 0.237 e. The maximum atomic E-state index is 12.8. The number of rotatable bonds is 6. The Bertz CT molecular complexity index is 643. The number of amides is 1. The number of benzene rings is 1. The molecule has 1 heterocycles. The number of nitrogens with two attached hydrogens (primary N) is 1. The number of hydrogen-bond acceptors (Lipinski definition) is 5. The van der Waals surface area contributed by atoms with Crippen molar-refractivity contribution in [2.75, 3.05) is 11.2 Å². The average molecular weight is 323 g/mol. The van der Waals surface area contributed by atoms with Gasteiger partial charge in [0.2, 0.25) is 11.1 Å². The Hall–Kier alpha value is -2.09. The second-order valence-corrected chi connectivity index (χ2v) is 6.08. The molecule has 0 aliphatic carbocycles. The molecule has 22 heavy (non-hydrogen) atoms. The van der Waals surface area contributed by atoms with Crippen LogP contribution in [-0.4, -0.2) is 26.0 Å². The van der Waals surface area contributed by atoms with Crippen LogP contribution < -0.4 is 11.2 Å². The highest BCUT2D eigenvalue weighted by Gasteiger charge is 2.19. The molecule has 2 rings (SSSR count). The molecule has 3 N–H and O–H groups in total. The lowest BCUT2D eigenvalue weighted by Crippen LogP contribution is -2.23. The Kier molecular flexibility index (Phi) is 5.37. The van der Waals surface area contributed by atoms with Gasteiger partial charge in [-0.25, -0.2) is 9.07 Å². The molecule has 0 spiro atoms. The summed E-state index contributed by atoms with van der Waals surface area (Å²) in [6.45, 7) is 3.78. The van der Waals surface area contributed by atoms with Gasteiger partial charge in [0.25, 0.3) is 0 Å². The predicted molar refractivity (Wildman–Crippen MR) is 84.5 cm³/mol. The van der Waals surface area contributed by atoms with Crippen LogP contribution in [0.2, 0.25) is 0 Å². The molecule has 0 aliphatic rings. The van der Waals surface area contributed by atoms with Gasteiger partial charge in [-0.15, -0.1) is 10.2 Å². The molecule has 6 nitrogen and oxygen atoms in total. The van der Waals surface area contributed by atoms with Crippen LogP contribution in [0.5, 0.6) is 0 Å². The highest BCUT2D eigenvalue weighted by molar-refractivity contribution is 8.00. The van der Waals surface area contributed by atoms with Crippen LogP contribution in [0.25, 0.3) is 0 Å². The number of hydrogen-bond donors (Lipinski definition) is 2. The smallest absolute Gasteiger partial charge is 0.237 e. The van der Waals surface area contributed by atoms with E-state index in [1.165, 1.54) is 40.7 Å². The molecule has 1 atom stereocenters. The maximum absolute atomic E-state index is 12.8. The molecule has 1 amide bonds. The summed E-state index contributed by atoms with van der Waals surface area (Å²) in [5, 5.41) is 10.8. The molecule has 118 valence electrons. The number of aromatic nitrogens is 3. The third-order valence-electron chi connectivity index (χ3n) is 2.97. The molecule has 1 aromatic heterocycles. The van der Waals surface area contributed by atoms with Gasteiger partial charge in [-0.2, -0.15) is 0 Å². The van der Waals surface area contributed by atoms with Gasteiger partial charge in [0.05, 0.1) is 5.25 Å². The molecule has 1 aromatic carbocycles. The van der Waals surface area contributed by atoms with E-state index in [0.29, 0.717) is 16.7 Å². The Morgan fingerprint density at radius 3 is 2.73 bits per heavy atom. The van der Waals surface area contributed by atoms with E-state index < -0.39 is 5.25 Å². The second-order valence-electron chi connectivity index (χ2n) is 4.78. The molecule has 0 bridgehead atoms. The lowest BCUT2D eigenvalue weighted by Gasteiger charge is -2.11. The van der Waals surface area contributed by atoms with Crippen molar-refractivity contribution < 1.29 is 9.18 Å². The molecule has 0 fully saturated rings. The zero-order chi connectivity index (χ0) is 16.1. The number of aryl methyl sites for hydroxylation is 1. The van der Waals surface area contributed by atoms with Crippen LogP contribution in [0.3, 0.4) is 0 Å². The first-order chi connectivity index (χ1) is 10.5. The van der Waals surface area contributed by atoms with Crippen molar-refractivity contribution >= 4 is 23.4 Å². The Labute approximate surface area is 132 Å². The highest BCUT2D eigenvalue weighted by atomic mass is 32.2. The first kappa shape index (κ1) is 16.3. The summed E-state index contributed by atoms with van der Waals surface area (Å²) >= 11 is 1.23. The van der Waals surface area contributed by atoms with E-state index in [9.17, 15) is 9.18 Å². The first-order valence-electron chi connectivity index (χ1n) is 6.93. The van der Waals surface area contributed by atoms with E-state index in [2.05, 4.69) is 15.5 Å². The Morgan fingerprint density at radius 1 is 1.41 bits per heavy atom. The number of nitrogens with one attached hydrogen (secondary N) is 1. The zero-order valence-corrected chi connectivity index (χ0v) is 13.2. The zero-order valence-electron chi connectivity index (χ0n) is 12.4. The molecule has 0 saturated carbocycles. The number of carbonyl (C=O) groups is 1. The largest absolute Gasteiger partial charge is 0.336 e. The number of anilines is 1. The van der Waals surface area contributed by atoms with Gasteiger partial charge < -0.3 is 11.2 Å². The Morgan fingerprint density at radius 2 is 2.09 bits per heavy atom. The van der Waals surface area contributed by atoms with Gasteiger partial charge >= 0.3 is 0 Å². The highest BCUT2D eigenvalue weighted by Crippen LogP contribution is 2.22. The molecular formula is C14H18FN5OS. The number of nitrogens with zero attached hydrogens (tertiary/aromatic N) is 3. The lowest BCUT2D eigenvalue weighted by atomic mass is 10.3. The van der Waals surface area contributed by atoms with Crippen LogP contribution in [0.1, 0.15) is 26.1 Å². The van der Waals surface area contributed by atoms with E-state index in [1.807, 2.05) is 6.92 Å². The van der Waals surface area contributed by atoms with Crippen molar-refractivity contribution in [3.63, 3.8) is 0 Å². The molecule has 8 heteroatoms. The summed E-state index contributed by atoms with van der Waals surface area (Å²) in [5.41, 5.74) is 0.541. The number of thioether (sulfide) groups is 1. The minimum atomic E-state index is -0.411. The van der Waals surface area contributed by atoms with Crippen molar-refractivity contribution in [2.24, 2.45) is 0 Å². The fraction of sp³-hybridized carbons (Fsp3) is 0.357. The fourth-order valence-corrected chi connectivity index (χ4v) is 2.56. The summed E-state index contributed by atoms with van der Waals surface area (Å²) in [7, 11) is 0. The first-order valence-corrected chi connectivity index (χ1v) is 7.81. The van der Waals surface area contributed by atoms with E-state index in [0.717, 1.165) is 12.8 Å². The molecule has 0 aliphatic heterocycles. The molecule has 0 unspecified atom stereocenters. The molecule has 0 radical (unpaired) electrons. The number of halogens is 1. The number of nitrogen functional groups attached to an aromatic ring is 1. The van der Waals surface area contributed by atoms with Crippen LogP contribution in [-0.2, 0) is 11.2 Å². The van der Waals surface area contributed by atoms with Gasteiger partial charge in [-0.1, -0.05) is 18.7 Å². The van der Waals surface area contributed by atoms with Crippen molar-refractivity contribution in [3.8, 4) is 0 Å². The number of carbonyl (C=O) groups excluding carboxylic acids is 1. The molecule has 2 aromatic rings. The van der Waals surface area contributed by atoms with Gasteiger partial charge in [0.15, 0.2) is 5.82 Å². The third kappa shape index (κ3) is 3.97. The quantitative estimate of drug-likeness (QED) is 0.629. The summed E-state index contributed by atoms with van der Waals surface area (Å²) in [4.78, 5) is 12.1. The summed E-state index contributed by atoms with van der Waals surface area (Å²) in [5.74, 6) is 6.04. The van der Waals surface area contributed by atoms with E-state index >= 15 is 0 Å². The van der Waals surface area contributed by atoms with Gasteiger partial charge in [-0.05, 0) is 37.6 Å². The topological polar surface area (TPSA) is 85.8 Å². The van der Waals surface area contributed by atoms with Crippen LogP contribution >= 0.6 is 11.8 Å². The van der Waals surface area contributed by atoms with E-state index in [-0.39, 0.29) is 11.7 Å². The van der Waals surface area contributed by atoms with Crippen LogP contribution in [0.4, 0.5) is 10.1 Å². The standard InChI is InChI=1S/C14H18FN5OS/c1-3-4-12-18-19-14(20(12)16)22-9(2)13(21)17-11-7-5-10(15)6-8-11/h5-9H,3-4,16H2,1-2H3,(H,17,21)/t9-/m1/s1. The van der Waals surface area contributed by atoms with E-state index in [1.54, 1.807) is 6.92 Å². The lowest BCUT2D eigenvalue weighted by molar-refractivity contribution is -0.115. The summed E-state index contributed by atoms with van der Waals surface area (Å²) in [6, 6.07) is 5.60. The van der Waals surface area contributed by atoms with Crippen LogP contribution in [0, 0.1) is 5.82 Å². The minimum Gasteiger partial charge on any atom is -0.336 e.